The van der Waals surface area contributed by atoms with Gasteiger partial charge in [0, 0.05) is 6.92 Å². The van der Waals surface area contributed by atoms with E-state index in [1.54, 1.807) is 0 Å². The van der Waals surface area contributed by atoms with Crippen LogP contribution in [-0.2, 0) is 28.7 Å². The molecule has 0 spiro atoms. The van der Waals surface area contributed by atoms with E-state index in [2.05, 4.69) is 39.6 Å². The number of allylic oxidation sites excluding steroid dienone is 1. The van der Waals surface area contributed by atoms with Crippen molar-refractivity contribution >= 4 is 23.8 Å². The van der Waals surface area contributed by atoms with Crippen LogP contribution in [0.3, 0.4) is 0 Å². The third-order valence-electron chi connectivity index (χ3n) is 15.4. The molecule has 5 rings (SSSR count). The molecule has 1 amide bonds. The largest absolute Gasteiger partial charge is 0.481 e. The maximum atomic E-state index is 14.6. The van der Waals surface area contributed by atoms with E-state index in [4.69, 9.17) is 9.47 Å². The molecule has 0 aromatic carbocycles. The molecule has 0 heterocycles. The van der Waals surface area contributed by atoms with Crippen LogP contribution in [0.25, 0.3) is 0 Å². The van der Waals surface area contributed by atoms with E-state index in [1.165, 1.54) is 14.0 Å². The first-order valence-electron chi connectivity index (χ1n) is 18.3. The third kappa shape index (κ3) is 5.19. The fourth-order valence-corrected chi connectivity index (χ4v) is 13.0. The zero-order valence-corrected chi connectivity index (χ0v) is 30.5. The van der Waals surface area contributed by atoms with E-state index in [1.807, 2.05) is 20.8 Å². The molecule has 12 atom stereocenters. The second kappa shape index (κ2) is 12.2. The molecule has 0 radical (unpaired) electrons. The number of ether oxygens (including phenoxy) is 2. The number of hydrogen-bond donors (Lipinski definition) is 2. The zero-order chi connectivity index (χ0) is 34.9. The van der Waals surface area contributed by atoms with Crippen LogP contribution in [0.2, 0.25) is 0 Å². The lowest BCUT2D eigenvalue weighted by molar-refractivity contribution is -0.250. The number of carbonyl (C=O) groups is 4. The second-order valence-corrected chi connectivity index (χ2v) is 17.7. The summed E-state index contributed by atoms with van der Waals surface area (Å²) in [5.74, 6) is -0.631. The number of hydrogen-bond acceptors (Lipinski definition) is 6. The first-order chi connectivity index (χ1) is 21.8. The number of fused-ring (bicyclic) bond motifs is 7. The molecule has 8 nitrogen and oxygen atoms in total. The van der Waals surface area contributed by atoms with E-state index in [-0.39, 0.29) is 45.8 Å². The number of rotatable bonds is 8. The molecular formula is C39H61NO7. The molecule has 5 aliphatic carbocycles. The summed E-state index contributed by atoms with van der Waals surface area (Å²) in [5, 5.41) is 13.8. The normalized spacial score (nSPS) is 44.6. The third-order valence-corrected chi connectivity index (χ3v) is 15.4. The molecule has 5 fully saturated rings. The minimum atomic E-state index is -1.03. The van der Waals surface area contributed by atoms with Crippen LogP contribution in [0, 0.1) is 62.6 Å². The Morgan fingerprint density at radius 1 is 0.872 bits per heavy atom. The average Bonchev–Trinajstić information content (AvgIpc) is 3.39. The number of methoxy groups -OCH3 is 1. The summed E-state index contributed by atoms with van der Waals surface area (Å²) in [6.45, 7) is 21.2. The van der Waals surface area contributed by atoms with Gasteiger partial charge in [-0.2, -0.15) is 0 Å². The van der Waals surface area contributed by atoms with E-state index < -0.39 is 40.9 Å². The van der Waals surface area contributed by atoms with Gasteiger partial charge in [0.15, 0.2) is 0 Å². The van der Waals surface area contributed by atoms with Gasteiger partial charge in [-0.25, -0.2) is 4.79 Å². The highest BCUT2D eigenvalue weighted by molar-refractivity contribution is 5.89. The number of carboxylic acids is 1. The summed E-state index contributed by atoms with van der Waals surface area (Å²) in [6, 6.07) is -0.775. The Bertz CT molecular complexity index is 1310. The monoisotopic (exact) mass is 655 g/mol. The van der Waals surface area contributed by atoms with Gasteiger partial charge < -0.3 is 19.9 Å². The minimum Gasteiger partial charge on any atom is -0.481 e. The van der Waals surface area contributed by atoms with Crippen molar-refractivity contribution in [2.24, 2.45) is 62.6 Å². The Balaban J connectivity index is 1.53. The van der Waals surface area contributed by atoms with Crippen LogP contribution >= 0.6 is 0 Å². The number of nitrogens with one attached hydrogen (secondary N) is 1. The van der Waals surface area contributed by atoms with Crippen molar-refractivity contribution in [3.8, 4) is 0 Å². The number of carbonyl (C=O) groups excluding carboxylic acids is 3. The Labute approximate surface area is 282 Å². The van der Waals surface area contributed by atoms with Gasteiger partial charge in [0.05, 0.1) is 17.9 Å². The topological polar surface area (TPSA) is 119 Å². The Hall–Kier alpha value is -2.38. The molecule has 0 saturated heterocycles. The number of amides is 1. The summed E-state index contributed by atoms with van der Waals surface area (Å²) in [5.41, 5.74) is -0.840. The molecular weight excluding hydrogens is 594 g/mol. The SMILES string of the molecule is C=C(C)[C@@H]1CC[C@]2(C(=O)O)CC[C@]3(C)[C@H](CC[C@@H]4[C@@]5(C)CC[C@@H](OC(C)=O)[C@@](C)(C(=O)N[C@@H](CC(C)C)C(=O)OC)[C@@H]5CC[C@]43C)[C@@H]12. The summed E-state index contributed by atoms with van der Waals surface area (Å²) in [6.07, 6.45) is 8.28. The summed E-state index contributed by atoms with van der Waals surface area (Å²) >= 11 is 0. The van der Waals surface area contributed by atoms with Crippen molar-refractivity contribution < 1.29 is 33.8 Å². The number of carboxylic acid groups (broad SMARTS) is 1. The summed E-state index contributed by atoms with van der Waals surface area (Å²) < 4.78 is 11.1. The summed E-state index contributed by atoms with van der Waals surface area (Å²) in [4.78, 5) is 52.9. The van der Waals surface area contributed by atoms with Gasteiger partial charge in [-0.15, -0.1) is 0 Å². The lowest BCUT2D eigenvalue weighted by atomic mass is 9.32. The maximum Gasteiger partial charge on any atom is 0.328 e. The Morgan fingerprint density at radius 2 is 1.55 bits per heavy atom. The van der Waals surface area contributed by atoms with Crippen LogP contribution in [-0.4, -0.2) is 48.2 Å². The highest BCUT2D eigenvalue weighted by Crippen LogP contribution is 2.77. The van der Waals surface area contributed by atoms with E-state index in [9.17, 15) is 24.3 Å². The Kier molecular flexibility index (Phi) is 9.32. The molecule has 0 aromatic heterocycles. The van der Waals surface area contributed by atoms with Gasteiger partial charge in [0.25, 0.3) is 0 Å². The molecule has 0 aliphatic heterocycles. The first-order valence-corrected chi connectivity index (χ1v) is 18.3. The average molecular weight is 656 g/mol. The number of aliphatic carboxylic acids is 1. The minimum absolute atomic E-state index is 0.0358. The molecule has 0 unspecified atom stereocenters. The zero-order valence-electron chi connectivity index (χ0n) is 30.5. The fourth-order valence-electron chi connectivity index (χ4n) is 13.0. The van der Waals surface area contributed by atoms with Crippen molar-refractivity contribution in [1.29, 1.82) is 0 Å². The molecule has 2 N–H and O–H groups in total. The molecule has 264 valence electrons. The van der Waals surface area contributed by atoms with Crippen LogP contribution in [0.4, 0.5) is 0 Å². The van der Waals surface area contributed by atoms with Crippen LogP contribution < -0.4 is 5.32 Å². The van der Waals surface area contributed by atoms with Gasteiger partial charge in [-0.05, 0) is 136 Å². The van der Waals surface area contributed by atoms with Crippen molar-refractivity contribution in [3.63, 3.8) is 0 Å². The molecule has 8 heteroatoms. The van der Waals surface area contributed by atoms with E-state index >= 15 is 0 Å². The number of esters is 2. The van der Waals surface area contributed by atoms with Gasteiger partial charge >= 0.3 is 17.9 Å². The standard InChI is InChI=1S/C39H61NO7/c1-22(2)21-27(32(42)46-10)40-33(43)38(9)29-14-17-37(8)28(35(29,6)16-15-30(38)47-24(5)41)12-11-26-31-25(23(3)4)13-18-39(31,34(44)45)20-19-36(26,37)7/h22,25-31H,3,11-21H2,1-2,4-10H3,(H,40,43)(H,44,45)/t25-,26+,27-,28+,29+,30+,31+,35+,36+,37+,38-,39-/m0/s1. The molecule has 5 saturated carbocycles. The molecule has 47 heavy (non-hydrogen) atoms. The molecule has 0 bridgehead atoms. The van der Waals surface area contributed by atoms with E-state index in [0.717, 1.165) is 56.9 Å². The highest BCUT2D eigenvalue weighted by Gasteiger charge is 2.73. The van der Waals surface area contributed by atoms with Crippen molar-refractivity contribution in [2.75, 3.05) is 7.11 Å². The van der Waals surface area contributed by atoms with Gasteiger partial charge in [0.2, 0.25) is 5.91 Å². The van der Waals surface area contributed by atoms with Crippen LogP contribution in [0.1, 0.15) is 126 Å². The van der Waals surface area contributed by atoms with Gasteiger partial charge in [-0.1, -0.05) is 46.8 Å². The second-order valence-electron chi connectivity index (χ2n) is 17.7. The fraction of sp³-hybridized carbons (Fsp3) is 0.846. The Morgan fingerprint density at radius 3 is 2.13 bits per heavy atom. The van der Waals surface area contributed by atoms with Crippen molar-refractivity contribution in [3.05, 3.63) is 12.2 Å². The van der Waals surface area contributed by atoms with Gasteiger partial charge in [0.1, 0.15) is 12.1 Å². The van der Waals surface area contributed by atoms with E-state index in [0.29, 0.717) is 31.1 Å². The first kappa shape index (κ1) is 35.9. The predicted molar refractivity (Wildman–Crippen MR) is 180 cm³/mol. The van der Waals surface area contributed by atoms with Crippen LogP contribution in [0.5, 0.6) is 0 Å². The molecule has 5 aliphatic rings. The summed E-state index contributed by atoms with van der Waals surface area (Å²) in [7, 11) is 1.34. The van der Waals surface area contributed by atoms with Crippen molar-refractivity contribution in [1.82, 2.24) is 5.32 Å². The molecule has 0 aromatic rings. The van der Waals surface area contributed by atoms with Crippen LogP contribution in [0.15, 0.2) is 12.2 Å². The smallest absolute Gasteiger partial charge is 0.328 e. The quantitative estimate of drug-likeness (QED) is 0.207. The lowest BCUT2D eigenvalue weighted by Crippen LogP contribution is -2.69. The maximum absolute atomic E-state index is 14.6. The van der Waals surface area contributed by atoms with Crippen molar-refractivity contribution in [2.45, 2.75) is 138 Å². The predicted octanol–water partition coefficient (Wildman–Crippen LogP) is 7.34. The lowest BCUT2D eigenvalue weighted by Gasteiger charge is -2.72. The van der Waals surface area contributed by atoms with Gasteiger partial charge in [-0.3, -0.25) is 14.4 Å². The highest BCUT2D eigenvalue weighted by atomic mass is 16.5.